The fourth-order valence-corrected chi connectivity index (χ4v) is 6.74. The van der Waals surface area contributed by atoms with Crippen LogP contribution in [-0.4, -0.2) is 58.0 Å². The number of aryl methyl sites for hydroxylation is 1. The molecule has 1 aliphatic carbocycles. The first kappa shape index (κ1) is 31.9. The van der Waals surface area contributed by atoms with E-state index in [1.807, 2.05) is 26.0 Å². The highest BCUT2D eigenvalue weighted by Crippen LogP contribution is 2.27. The number of nitrogens with one attached hydrogen (secondary N) is 1. The number of anilines is 1. The van der Waals surface area contributed by atoms with Crippen LogP contribution in [0.4, 0.5) is 5.69 Å². The fraction of sp³-hybridized carbons (Fsp3) is 0.394. The predicted molar refractivity (Wildman–Crippen MR) is 167 cm³/mol. The van der Waals surface area contributed by atoms with Crippen molar-refractivity contribution in [3.05, 3.63) is 83.9 Å². The van der Waals surface area contributed by atoms with Gasteiger partial charge in [-0.25, -0.2) is 8.42 Å². The lowest BCUT2D eigenvalue weighted by Crippen LogP contribution is -2.53. The zero-order valence-corrected chi connectivity index (χ0v) is 26.1. The summed E-state index contributed by atoms with van der Waals surface area (Å²) in [6, 6.07) is 19.6. The molecule has 1 N–H and O–H groups in total. The third-order valence-corrected chi connectivity index (χ3v) is 9.64. The summed E-state index contributed by atoms with van der Waals surface area (Å²) in [7, 11) is -1.08. The second kappa shape index (κ2) is 14.4. The highest BCUT2D eigenvalue weighted by molar-refractivity contribution is 7.92. The standard InChI is InChI=1S/C33H41N3O6S/c1-5-31(33(38)34-26-8-6-7-9-26)35(22-25-12-16-28(41-3)17-13-25)32(37)23-36(27-14-10-24(2)11-15-27)43(39,40)30-20-18-29(42-4)19-21-30/h10-21,26,31H,5-9,22-23H2,1-4H3,(H,34,38). The van der Waals surface area contributed by atoms with Gasteiger partial charge in [0.05, 0.1) is 24.8 Å². The Morgan fingerprint density at radius 3 is 1.98 bits per heavy atom. The van der Waals surface area contributed by atoms with Crippen LogP contribution in [0.25, 0.3) is 0 Å². The van der Waals surface area contributed by atoms with Crippen molar-refractivity contribution in [2.75, 3.05) is 25.1 Å². The Hall–Kier alpha value is -4.05. The lowest BCUT2D eigenvalue weighted by Gasteiger charge is -2.33. The Morgan fingerprint density at radius 2 is 1.44 bits per heavy atom. The van der Waals surface area contributed by atoms with Crippen molar-refractivity contribution in [2.24, 2.45) is 0 Å². The van der Waals surface area contributed by atoms with Crippen molar-refractivity contribution in [3.63, 3.8) is 0 Å². The minimum absolute atomic E-state index is 0.0226. The fourth-order valence-electron chi connectivity index (χ4n) is 5.33. The Bertz CT molecular complexity index is 1470. The molecule has 0 radical (unpaired) electrons. The predicted octanol–water partition coefficient (Wildman–Crippen LogP) is 5.07. The van der Waals surface area contributed by atoms with Crippen molar-refractivity contribution in [1.29, 1.82) is 0 Å². The van der Waals surface area contributed by atoms with E-state index in [1.165, 1.54) is 24.1 Å². The van der Waals surface area contributed by atoms with Crippen LogP contribution in [0, 0.1) is 6.92 Å². The van der Waals surface area contributed by atoms with Crippen molar-refractivity contribution in [3.8, 4) is 11.5 Å². The van der Waals surface area contributed by atoms with Gasteiger partial charge in [-0.3, -0.25) is 13.9 Å². The first-order valence-electron chi connectivity index (χ1n) is 14.6. The monoisotopic (exact) mass is 607 g/mol. The maximum Gasteiger partial charge on any atom is 0.264 e. The second-order valence-electron chi connectivity index (χ2n) is 10.8. The van der Waals surface area contributed by atoms with Gasteiger partial charge < -0.3 is 19.7 Å². The van der Waals surface area contributed by atoms with Crippen LogP contribution in [0.15, 0.2) is 77.7 Å². The number of ether oxygens (including phenoxy) is 2. The lowest BCUT2D eigenvalue weighted by atomic mass is 10.1. The number of methoxy groups -OCH3 is 2. The molecule has 1 unspecified atom stereocenters. The van der Waals surface area contributed by atoms with Gasteiger partial charge in [0, 0.05) is 12.6 Å². The molecule has 2 amide bonds. The van der Waals surface area contributed by atoms with Crippen molar-refractivity contribution in [1.82, 2.24) is 10.2 Å². The number of amides is 2. The summed E-state index contributed by atoms with van der Waals surface area (Å²) in [6.07, 6.45) is 4.32. The molecule has 0 aromatic heterocycles. The number of carbonyl (C=O) groups excluding carboxylic acids is 2. The number of benzene rings is 3. The van der Waals surface area contributed by atoms with Crippen molar-refractivity contribution < 1.29 is 27.5 Å². The topological polar surface area (TPSA) is 105 Å². The van der Waals surface area contributed by atoms with E-state index in [0.29, 0.717) is 23.6 Å². The van der Waals surface area contributed by atoms with Gasteiger partial charge in [-0.15, -0.1) is 0 Å². The largest absolute Gasteiger partial charge is 0.497 e. The van der Waals surface area contributed by atoms with Crippen LogP contribution < -0.4 is 19.1 Å². The number of hydrogen-bond acceptors (Lipinski definition) is 6. The second-order valence-corrected chi connectivity index (χ2v) is 12.7. The molecule has 1 aliphatic rings. The van der Waals surface area contributed by atoms with Crippen LogP contribution in [0.5, 0.6) is 11.5 Å². The smallest absolute Gasteiger partial charge is 0.264 e. The van der Waals surface area contributed by atoms with Crippen molar-refractivity contribution >= 4 is 27.5 Å². The summed E-state index contributed by atoms with van der Waals surface area (Å²) in [5, 5.41) is 3.13. The molecule has 43 heavy (non-hydrogen) atoms. The molecule has 0 spiro atoms. The quantitative estimate of drug-likeness (QED) is 0.291. The zero-order valence-electron chi connectivity index (χ0n) is 25.3. The Kier molecular flexibility index (Phi) is 10.7. The third-order valence-electron chi connectivity index (χ3n) is 7.85. The first-order chi connectivity index (χ1) is 20.7. The highest BCUT2D eigenvalue weighted by Gasteiger charge is 2.34. The Morgan fingerprint density at radius 1 is 0.884 bits per heavy atom. The first-order valence-corrected chi connectivity index (χ1v) is 16.1. The molecular formula is C33H41N3O6S. The van der Waals surface area contributed by atoms with E-state index in [2.05, 4.69) is 5.32 Å². The van der Waals surface area contributed by atoms with Crippen LogP contribution in [0.2, 0.25) is 0 Å². The summed E-state index contributed by atoms with van der Waals surface area (Å²) >= 11 is 0. The van der Waals surface area contributed by atoms with Crippen LogP contribution in [0.3, 0.4) is 0 Å². The van der Waals surface area contributed by atoms with Gasteiger partial charge in [0.2, 0.25) is 11.8 Å². The van der Waals surface area contributed by atoms with Gasteiger partial charge in [-0.2, -0.15) is 0 Å². The SMILES string of the molecule is CCC(C(=O)NC1CCCC1)N(Cc1ccc(OC)cc1)C(=O)CN(c1ccc(C)cc1)S(=O)(=O)c1ccc(OC)cc1. The van der Waals surface area contributed by atoms with Crippen LogP contribution in [-0.2, 0) is 26.2 Å². The molecule has 0 saturated heterocycles. The molecule has 4 rings (SSSR count). The van der Waals surface area contributed by atoms with Gasteiger partial charge in [0.15, 0.2) is 0 Å². The van der Waals surface area contributed by atoms with Gasteiger partial charge in [-0.1, -0.05) is 49.6 Å². The number of rotatable bonds is 13. The maximum absolute atomic E-state index is 14.2. The van der Waals surface area contributed by atoms with Crippen LogP contribution >= 0.6 is 0 Å². The zero-order chi connectivity index (χ0) is 31.0. The number of carbonyl (C=O) groups is 2. The Labute approximate surface area is 254 Å². The van der Waals surface area contributed by atoms with E-state index in [9.17, 15) is 18.0 Å². The maximum atomic E-state index is 14.2. The molecule has 0 bridgehead atoms. The van der Waals surface area contributed by atoms with Crippen molar-refractivity contribution in [2.45, 2.75) is 69.5 Å². The number of sulfonamides is 1. The van der Waals surface area contributed by atoms with E-state index in [4.69, 9.17) is 9.47 Å². The molecule has 3 aromatic rings. The van der Waals surface area contributed by atoms with E-state index >= 15 is 0 Å². The number of hydrogen-bond donors (Lipinski definition) is 1. The van der Waals surface area contributed by atoms with Crippen LogP contribution in [0.1, 0.15) is 50.2 Å². The van der Waals surface area contributed by atoms with E-state index in [1.54, 1.807) is 55.6 Å². The van der Waals surface area contributed by atoms with Gasteiger partial charge in [-0.05, 0) is 80.3 Å². The highest BCUT2D eigenvalue weighted by atomic mass is 32.2. The summed E-state index contributed by atoms with van der Waals surface area (Å²) in [5.41, 5.74) is 2.09. The molecular weight excluding hydrogens is 566 g/mol. The summed E-state index contributed by atoms with van der Waals surface area (Å²) < 4.78 is 39.6. The normalized spacial score (nSPS) is 14.1. The molecule has 230 valence electrons. The molecule has 10 heteroatoms. The molecule has 0 aliphatic heterocycles. The minimum Gasteiger partial charge on any atom is -0.497 e. The van der Waals surface area contributed by atoms with E-state index in [-0.39, 0.29) is 23.4 Å². The summed E-state index contributed by atoms with van der Waals surface area (Å²) in [5.74, 6) is 0.475. The molecule has 0 heterocycles. The molecule has 9 nitrogen and oxygen atoms in total. The minimum atomic E-state index is -4.16. The van der Waals surface area contributed by atoms with Gasteiger partial charge in [0.25, 0.3) is 10.0 Å². The number of nitrogens with zero attached hydrogens (tertiary/aromatic N) is 2. The summed E-state index contributed by atoms with van der Waals surface area (Å²) in [6.45, 7) is 3.41. The lowest BCUT2D eigenvalue weighted by molar-refractivity contribution is -0.140. The van der Waals surface area contributed by atoms with Gasteiger partial charge >= 0.3 is 0 Å². The van der Waals surface area contributed by atoms with Gasteiger partial charge in [0.1, 0.15) is 24.1 Å². The molecule has 3 aromatic carbocycles. The van der Waals surface area contributed by atoms with E-state index in [0.717, 1.165) is 41.1 Å². The average molecular weight is 608 g/mol. The molecule has 1 atom stereocenters. The molecule has 1 saturated carbocycles. The summed E-state index contributed by atoms with van der Waals surface area (Å²) in [4.78, 5) is 29.3. The molecule has 1 fully saturated rings. The average Bonchev–Trinajstić information content (AvgIpc) is 3.53. The third kappa shape index (κ3) is 7.87. The Balaban J connectivity index is 1.70. The van der Waals surface area contributed by atoms with E-state index < -0.39 is 28.5 Å².